The average Bonchev–Trinajstić information content (AvgIpc) is 2.63. The molecule has 5 nitrogen and oxygen atoms in total. The number of carbonyl (C=O) groups excluding carboxylic acids is 2. The average molecular weight is 329 g/mol. The van der Waals surface area contributed by atoms with Gasteiger partial charge in [0.15, 0.2) is 0 Å². The first-order valence-electron chi connectivity index (χ1n) is 8.94. The zero-order valence-electron chi connectivity index (χ0n) is 14.5. The van der Waals surface area contributed by atoms with E-state index >= 15 is 0 Å². The Morgan fingerprint density at radius 3 is 2.38 bits per heavy atom. The molecule has 0 aliphatic carbocycles. The van der Waals surface area contributed by atoms with Gasteiger partial charge in [-0.25, -0.2) is 0 Å². The van der Waals surface area contributed by atoms with E-state index < -0.39 is 0 Å². The molecule has 1 unspecified atom stereocenters. The summed E-state index contributed by atoms with van der Waals surface area (Å²) in [5.41, 5.74) is 1.32. The van der Waals surface area contributed by atoms with Crippen molar-refractivity contribution in [2.24, 2.45) is 5.92 Å². The van der Waals surface area contributed by atoms with Crippen LogP contribution in [0, 0.1) is 5.92 Å². The fourth-order valence-corrected chi connectivity index (χ4v) is 3.69. The topological polar surface area (TPSA) is 43.9 Å². The molecule has 0 bridgehead atoms. The van der Waals surface area contributed by atoms with Crippen molar-refractivity contribution in [3.05, 3.63) is 35.9 Å². The van der Waals surface area contributed by atoms with Gasteiger partial charge in [0, 0.05) is 52.7 Å². The lowest BCUT2D eigenvalue weighted by atomic mass is 9.96. The van der Waals surface area contributed by atoms with Crippen molar-refractivity contribution < 1.29 is 9.59 Å². The maximum Gasteiger partial charge on any atom is 0.227 e. The summed E-state index contributed by atoms with van der Waals surface area (Å²) in [6.45, 7) is 7.36. The van der Waals surface area contributed by atoms with Crippen molar-refractivity contribution in [1.29, 1.82) is 0 Å². The second-order valence-corrected chi connectivity index (χ2v) is 6.89. The number of likely N-dealkylation sites (tertiary alicyclic amines) is 1. The number of piperidine rings is 1. The summed E-state index contributed by atoms with van der Waals surface area (Å²) in [7, 11) is 0. The van der Waals surface area contributed by atoms with Crippen LogP contribution in [0.5, 0.6) is 0 Å². The SMILES string of the molecule is CC(=O)N1CCCC(C(=O)N2CCN(Cc3ccccc3)CC2)C1. The maximum absolute atomic E-state index is 12.8. The Kier molecular flexibility index (Phi) is 5.51. The number of piperazine rings is 1. The molecule has 2 aliphatic heterocycles. The fraction of sp³-hybridized carbons (Fsp3) is 0.579. The third-order valence-corrected chi connectivity index (χ3v) is 5.15. The third kappa shape index (κ3) is 4.15. The number of carbonyl (C=O) groups is 2. The molecule has 130 valence electrons. The number of hydrogen-bond acceptors (Lipinski definition) is 3. The van der Waals surface area contributed by atoms with Gasteiger partial charge in [-0.1, -0.05) is 30.3 Å². The number of hydrogen-bond donors (Lipinski definition) is 0. The van der Waals surface area contributed by atoms with Gasteiger partial charge in [-0.3, -0.25) is 14.5 Å². The number of amides is 2. The van der Waals surface area contributed by atoms with E-state index in [1.165, 1.54) is 5.56 Å². The van der Waals surface area contributed by atoms with Gasteiger partial charge >= 0.3 is 0 Å². The summed E-state index contributed by atoms with van der Waals surface area (Å²) >= 11 is 0. The molecule has 24 heavy (non-hydrogen) atoms. The summed E-state index contributed by atoms with van der Waals surface area (Å²) in [5, 5.41) is 0. The van der Waals surface area contributed by atoms with E-state index in [-0.39, 0.29) is 17.7 Å². The number of rotatable bonds is 3. The molecule has 0 spiro atoms. The first-order chi connectivity index (χ1) is 11.6. The highest BCUT2D eigenvalue weighted by atomic mass is 16.2. The number of benzene rings is 1. The van der Waals surface area contributed by atoms with Crippen LogP contribution in [-0.2, 0) is 16.1 Å². The van der Waals surface area contributed by atoms with Gasteiger partial charge in [-0.05, 0) is 18.4 Å². The Labute approximate surface area is 144 Å². The molecule has 0 aromatic heterocycles. The summed E-state index contributed by atoms with van der Waals surface area (Å²) in [4.78, 5) is 30.5. The summed E-state index contributed by atoms with van der Waals surface area (Å²) in [6, 6.07) is 10.5. The lowest BCUT2D eigenvalue weighted by molar-refractivity contribution is -0.141. The van der Waals surface area contributed by atoms with Crippen LogP contribution in [0.3, 0.4) is 0 Å². The van der Waals surface area contributed by atoms with Gasteiger partial charge in [-0.15, -0.1) is 0 Å². The molecular formula is C19H27N3O2. The van der Waals surface area contributed by atoms with Crippen LogP contribution in [0.1, 0.15) is 25.3 Å². The van der Waals surface area contributed by atoms with E-state index in [2.05, 4.69) is 29.2 Å². The van der Waals surface area contributed by atoms with Gasteiger partial charge in [-0.2, -0.15) is 0 Å². The predicted molar refractivity (Wildman–Crippen MR) is 93.3 cm³/mol. The van der Waals surface area contributed by atoms with Crippen LogP contribution < -0.4 is 0 Å². The van der Waals surface area contributed by atoms with Crippen LogP contribution in [0.2, 0.25) is 0 Å². The van der Waals surface area contributed by atoms with E-state index in [1.54, 1.807) is 6.92 Å². The minimum atomic E-state index is -0.0108. The summed E-state index contributed by atoms with van der Waals surface area (Å²) in [5.74, 6) is 0.309. The minimum absolute atomic E-state index is 0.0108. The molecular weight excluding hydrogens is 302 g/mol. The Hall–Kier alpha value is -1.88. The Balaban J connectivity index is 1.49. The zero-order valence-corrected chi connectivity index (χ0v) is 14.5. The Morgan fingerprint density at radius 2 is 1.71 bits per heavy atom. The first kappa shape index (κ1) is 17.0. The minimum Gasteiger partial charge on any atom is -0.342 e. The molecule has 3 rings (SSSR count). The van der Waals surface area contributed by atoms with Crippen molar-refractivity contribution in [2.75, 3.05) is 39.3 Å². The fourth-order valence-electron chi connectivity index (χ4n) is 3.69. The van der Waals surface area contributed by atoms with Crippen molar-refractivity contribution >= 4 is 11.8 Å². The lowest BCUT2D eigenvalue weighted by Gasteiger charge is -2.38. The zero-order chi connectivity index (χ0) is 16.9. The molecule has 2 saturated heterocycles. The normalized spacial score (nSPS) is 22.5. The Bertz CT molecular complexity index is 567. The lowest BCUT2D eigenvalue weighted by Crippen LogP contribution is -2.52. The van der Waals surface area contributed by atoms with Crippen LogP contribution in [0.15, 0.2) is 30.3 Å². The molecule has 5 heteroatoms. The predicted octanol–water partition coefficient (Wildman–Crippen LogP) is 1.59. The molecule has 0 radical (unpaired) electrons. The van der Waals surface area contributed by atoms with Crippen molar-refractivity contribution in [3.63, 3.8) is 0 Å². The van der Waals surface area contributed by atoms with E-state index in [0.717, 1.165) is 52.1 Å². The first-order valence-corrected chi connectivity index (χ1v) is 8.94. The molecule has 2 aliphatic rings. The van der Waals surface area contributed by atoms with Crippen LogP contribution in [0.4, 0.5) is 0 Å². The van der Waals surface area contributed by atoms with Crippen LogP contribution in [-0.4, -0.2) is 65.8 Å². The largest absolute Gasteiger partial charge is 0.342 e. The molecule has 2 heterocycles. The van der Waals surface area contributed by atoms with E-state index in [9.17, 15) is 9.59 Å². The third-order valence-electron chi connectivity index (χ3n) is 5.15. The highest BCUT2D eigenvalue weighted by Crippen LogP contribution is 2.20. The molecule has 1 atom stereocenters. The second-order valence-electron chi connectivity index (χ2n) is 6.89. The molecule has 0 N–H and O–H groups in total. The molecule has 1 aromatic rings. The van der Waals surface area contributed by atoms with E-state index in [1.807, 2.05) is 15.9 Å². The molecule has 0 saturated carbocycles. The van der Waals surface area contributed by atoms with Gasteiger partial charge in [0.1, 0.15) is 0 Å². The highest BCUT2D eigenvalue weighted by Gasteiger charge is 2.31. The van der Waals surface area contributed by atoms with Gasteiger partial charge in [0.2, 0.25) is 11.8 Å². The maximum atomic E-state index is 12.8. The smallest absolute Gasteiger partial charge is 0.227 e. The van der Waals surface area contributed by atoms with Crippen LogP contribution in [0.25, 0.3) is 0 Å². The molecule has 2 amide bonds. The second kappa shape index (κ2) is 7.79. The Morgan fingerprint density at radius 1 is 1.00 bits per heavy atom. The van der Waals surface area contributed by atoms with Crippen molar-refractivity contribution in [3.8, 4) is 0 Å². The monoisotopic (exact) mass is 329 g/mol. The van der Waals surface area contributed by atoms with E-state index in [4.69, 9.17) is 0 Å². The quantitative estimate of drug-likeness (QED) is 0.846. The molecule has 2 fully saturated rings. The van der Waals surface area contributed by atoms with Crippen LogP contribution >= 0.6 is 0 Å². The standard InChI is InChI=1S/C19H27N3O2/c1-16(23)22-9-5-8-18(15-22)19(24)21-12-10-20(11-13-21)14-17-6-3-2-4-7-17/h2-4,6-7,18H,5,8-15H2,1H3. The summed E-state index contributed by atoms with van der Waals surface area (Å²) < 4.78 is 0. The molecule has 1 aromatic carbocycles. The van der Waals surface area contributed by atoms with Gasteiger partial charge < -0.3 is 9.80 Å². The summed E-state index contributed by atoms with van der Waals surface area (Å²) in [6.07, 6.45) is 1.84. The van der Waals surface area contributed by atoms with Gasteiger partial charge in [0.25, 0.3) is 0 Å². The van der Waals surface area contributed by atoms with Crippen molar-refractivity contribution in [1.82, 2.24) is 14.7 Å². The van der Waals surface area contributed by atoms with Crippen molar-refractivity contribution in [2.45, 2.75) is 26.3 Å². The highest BCUT2D eigenvalue weighted by molar-refractivity contribution is 5.81. The van der Waals surface area contributed by atoms with E-state index in [0.29, 0.717) is 6.54 Å². The number of nitrogens with zero attached hydrogens (tertiary/aromatic N) is 3. The van der Waals surface area contributed by atoms with Gasteiger partial charge in [0.05, 0.1) is 5.92 Å².